The molecule has 0 saturated carbocycles. The summed E-state index contributed by atoms with van der Waals surface area (Å²) in [6.45, 7) is 0.341. The van der Waals surface area contributed by atoms with Crippen molar-refractivity contribution in [3.63, 3.8) is 0 Å². The minimum absolute atomic E-state index is 0.156. The first-order valence-electron chi connectivity index (χ1n) is 6.16. The summed E-state index contributed by atoms with van der Waals surface area (Å²) < 4.78 is 76.5. The summed E-state index contributed by atoms with van der Waals surface area (Å²) in [6, 6.07) is 2.86. The van der Waals surface area contributed by atoms with Gasteiger partial charge >= 0.3 is 12.4 Å². The molecule has 3 nitrogen and oxygen atoms in total. The van der Waals surface area contributed by atoms with Crippen LogP contribution in [0.3, 0.4) is 0 Å². The molecule has 0 aliphatic rings. The summed E-state index contributed by atoms with van der Waals surface area (Å²) in [5.41, 5.74) is 1.47. The van der Waals surface area contributed by atoms with Crippen LogP contribution in [-0.2, 0) is 12.6 Å². The van der Waals surface area contributed by atoms with Crippen LogP contribution in [0.2, 0.25) is 0 Å². The van der Waals surface area contributed by atoms with Gasteiger partial charge < -0.3 is 10.8 Å². The Bertz CT molecular complexity index is 550. The molecule has 0 amide bonds. The Morgan fingerprint density at radius 3 is 2.27 bits per heavy atom. The highest BCUT2D eigenvalue weighted by atomic mass is 19.4. The Balaban J connectivity index is 3.47. The van der Waals surface area contributed by atoms with E-state index < -0.39 is 35.4 Å². The Morgan fingerprint density at radius 2 is 1.82 bits per heavy atom. The molecule has 3 N–H and O–H groups in total. The molecule has 1 atom stereocenters. The monoisotopic (exact) mass is 328 g/mol. The average Bonchev–Trinajstić information content (AvgIpc) is 2.37. The van der Waals surface area contributed by atoms with Crippen molar-refractivity contribution in [1.82, 2.24) is 0 Å². The van der Waals surface area contributed by atoms with Crippen LogP contribution in [0.15, 0.2) is 23.2 Å². The number of hydrogen-bond acceptors (Lipinski definition) is 3. The predicted octanol–water partition coefficient (Wildman–Crippen LogP) is 3.22. The highest BCUT2D eigenvalue weighted by Crippen LogP contribution is 2.39. The predicted molar refractivity (Wildman–Crippen MR) is 69.0 cm³/mol. The maximum Gasteiger partial charge on any atom is 0.429 e. The summed E-state index contributed by atoms with van der Waals surface area (Å²) in [7, 11) is 0. The SMILES string of the molecule is CC(=Nc1c(CC(O)CN)cccc1C(F)(F)F)C(F)(F)F. The summed E-state index contributed by atoms with van der Waals surface area (Å²) in [6.07, 6.45) is -11.2. The standard InChI is InChI=1S/C13H14F6N2O/c1-7(12(14,15)16)21-11-8(5-9(22)6-20)3-2-4-10(11)13(17,18)19/h2-4,9,22H,5-6,20H2,1H3. The minimum atomic E-state index is -4.87. The van der Waals surface area contributed by atoms with Gasteiger partial charge in [-0.1, -0.05) is 12.1 Å². The zero-order valence-electron chi connectivity index (χ0n) is 11.5. The largest absolute Gasteiger partial charge is 0.429 e. The maximum absolute atomic E-state index is 13.0. The van der Waals surface area contributed by atoms with Crippen molar-refractivity contribution in [3.8, 4) is 0 Å². The highest BCUT2D eigenvalue weighted by Gasteiger charge is 2.37. The molecule has 0 spiro atoms. The van der Waals surface area contributed by atoms with Crippen LogP contribution < -0.4 is 5.73 Å². The van der Waals surface area contributed by atoms with Crippen LogP contribution in [0.1, 0.15) is 18.1 Å². The lowest BCUT2D eigenvalue weighted by Crippen LogP contribution is -2.23. The lowest BCUT2D eigenvalue weighted by Gasteiger charge is -2.17. The van der Waals surface area contributed by atoms with Crippen molar-refractivity contribution in [2.45, 2.75) is 31.8 Å². The number of hydrogen-bond donors (Lipinski definition) is 2. The normalized spacial score (nSPS) is 15.0. The first-order chi connectivity index (χ1) is 9.96. The van der Waals surface area contributed by atoms with Crippen LogP contribution in [0, 0.1) is 0 Å². The van der Waals surface area contributed by atoms with Crippen molar-refractivity contribution in [3.05, 3.63) is 29.3 Å². The molecule has 1 unspecified atom stereocenters. The van der Waals surface area contributed by atoms with E-state index in [4.69, 9.17) is 5.73 Å². The van der Waals surface area contributed by atoms with Gasteiger partial charge in [0.25, 0.3) is 0 Å². The molecule has 22 heavy (non-hydrogen) atoms. The van der Waals surface area contributed by atoms with Crippen LogP contribution in [0.5, 0.6) is 0 Å². The zero-order valence-corrected chi connectivity index (χ0v) is 11.5. The number of aliphatic hydroxyl groups is 1. The van der Waals surface area contributed by atoms with E-state index >= 15 is 0 Å². The van der Waals surface area contributed by atoms with Crippen LogP contribution >= 0.6 is 0 Å². The van der Waals surface area contributed by atoms with Crippen LogP contribution in [0.25, 0.3) is 0 Å². The second kappa shape index (κ2) is 6.66. The van der Waals surface area contributed by atoms with Gasteiger partial charge in [-0.2, -0.15) is 26.3 Å². The fourth-order valence-corrected chi connectivity index (χ4v) is 1.69. The molecule has 0 heterocycles. The fraction of sp³-hybridized carbons (Fsp3) is 0.462. The van der Waals surface area contributed by atoms with E-state index in [1.165, 1.54) is 6.07 Å². The van der Waals surface area contributed by atoms with E-state index in [9.17, 15) is 31.4 Å². The number of halogens is 6. The molecule has 1 aromatic rings. The Morgan fingerprint density at radius 1 is 1.23 bits per heavy atom. The minimum Gasteiger partial charge on any atom is -0.391 e. The number of alkyl halides is 6. The van der Waals surface area contributed by atoms with Crippen LogP contribution in [0.4, 0.5) is 32.0 Å². The number of benzene rings is 1. The van der Waals surface area contributed by atoms with Crippen molar-refractivity contribution < 1.29 is 31.4 Å². The number of para-hydroxylation sites is 1. The topological polar surface area (TPSA) is 58.6 Å². The summed E-state index contributed by atoms with van der Waals surface area (Å²) in [4.78, 5) is 3.10. The van der Waals surface area contributed by atoms with E-state index in [1.807, 2.05) is 0 Å². The van der Waals surface area contributed by atoms with Gasteiger partial charge in [0.15, 0.2) is 0 Å². The Labute approximate surface area is 122 Å². The zero-order chi connectivity index (χ0) is 17.1. The second-order valence-corrected chi connectivity index (χ2v) is 4.60. The third-order valence-corrected chi connectivity index (χ3v) is 2.84. The quantitative estimate of drug-likeness (QED) is 0.659. The van der Waals surface area contributed by atoms with Gasteiger partial charge in [-0.15, -0.1) is 0 Å². The smallest absolute Gasteiger partial charge is 0.391 e. The number of rotatable bonds is 4. The first-order valence-corrected chi connectivity index (χ1v) is 6.16. The lowest BCUT2D eigenvalue weighted by atomic mass is 10.0. The van der Waals surface area contributed by atoms with Crippen molar-refractivity contribution in [1.29, 1.82) is 0 Å². The lowest BCUT2D eigenvalue weighted by molar-refractivity contribution is -0.137. The molecule has 1 rings (SSSR count). The van der Waals surface area contributed by atoms with E-state index in [0.717, 1.165) is 6.07 Å². The molecule has 0 bridgehead atoms. The summed E-state index contributed by atoms with van der Waals surface area (Å²) >= 11 is 0. The maximum atomic E-state index is 13.0. The molecule has 0 fully saturated rings. The average molecular weight is 328 g/mol. The first kappa shape index (κ1) is 18.4. The Kier molecular flexibility index (Phi) is 5.58. The molecule has 0 aliphatic carbocycles. The molecule has 0 saturated heterocycles. The molecular weight excluding hydrogens is 314 g/mol. The van der Waals surface area contributed by atoms with Gasteiger partial charge in [0.1, 0.15) is 5.71 Å². The number of aliphatic imine (C=N–C) groups is 1. The van der Waals surface area contributed by atoms with Gasteiger partial charge in [-0.05, 0) is 18.6 Å². The van der Waals surface area contributed by atoms with E-state index in [-0.39, 0.29) is 18.5 Å². The Hall–Kier alpha value is -1.61. The molecule has 124 valence electrons. The molecule has 0 aromatic heterocycles. The third kappa shape index (κ3) is 4.70. The second-order valence-electron chi connectivity index (χ2n) is 4.60. The highest BCUT2D eigenvalue weighted by molar-refractivity contribution is 5.90. The third-order valence-electron chi connectivity index (χ3n) is 2.84. The van der Waals surface area contributed by atoms with Gasteiger partial charge in [0.2, 0.25) is 0 Å². The van der Waals surface area contributed by atoms with Crippen molar-refractivity contribution >= 4 is 11.4 Å². The van der Waals surface area contributed by atoms with Gasteiger partial charge in [-0.3, -0.25) is 0 Å². The number of aliphatic hydroxyl groups excluding tert-OH is 1. The van der Waals surface area contributed by atoms with Crippen molar-refractivity contribution in [2.75, 3.05) is 6.54 Å². The summed E-state index contributed by atoms with van der Waals surface area (Å²) in [5.74, 6) is 0. The molecular formula is C13H14F6N2O. The van der Waals surface area contributed by atoms with E-state index in [0.29, 0.717) is 13.0 Å². The number of nitrogens with zero attached hydrogens (tertiary/aromatic N) is 1. The summed E-state index contributed by atoms with van der Waals surface area (Å²) in [5, 5.41) is 9.45. The molecule has 0 radical (unpaired) electrons. The fourth-order valence-electron chi connectivity index (χ4n) is 1.69. The molecule has 1 aromatic carbocycles. The van der Waals surface area contributed by atoms with E-state index in [2.05, 4.69) is 4.99 Å². The van der Waals surface area contributed by atoms with Gasteiger partial charge in [-0.25, -0.2) is 4.99 Å². The van der Waals surface area contributed by atoms with Gasteiger partial charge in [0, 0.05) is 13.0 Å². The number of nitrogens with two attached hydrogens (primary N) is 1. The van der Waals surface area contributed by atoms with Crippen molar-refractivity contribution in [2.24, 2.45) is 10.7 Å². The van der Waals surface area contributed by atoms with Gasteiger partial charge in [0.05, 0.1) is 17.4 Å². The molecule has 0 aliphatic heterocycles. The molecule has 9 heteroatoms. The van der Waals surface area contributed by atoms with Crippen LogP contribution in [-0.4, -0.2) is 29.6 Å². The van der Waals surface area contributed by atoms with E-state index in [1.54, 1.807) is 0 Å².